The molecule has 4 heteroatoms. The minimum absolute atomic E-state index is 0.389. The SMILES string of the molecule is COC(=O)C(C)(N)CCCOc1c(C)ccc(C)c1C. The van der Waals surface area contributed by atoms with E-state index in [1.165, 1.54) is 12.7 Å². The van der Waals surface area contributed by atoms with Gasteiger partial charge in [0.25, 0.3) is 0 Å². The summed E-state index contributed by atoms with van der Waals surface area (Å²) >= 11 is 0. The molecule has 4 nitrogen and oxygen atoms in total. The third-order valence-electron chi connectivity index (χ3n) is 3.61. The molecule has 20 heavy (non-hydrogen) atoms. The second kappa shape index (κ2) is 6.75. The summed E-state index contributed by atoms with van der Waals surface area (Å²) in [7, 11) is 1.35. The number of aryl methyl sites for hydroxylation is 2. The van der Waals surface area contributed by atoms with Crippen molar-refractivity contribution < 1.29 is 14.3 Å². The Morgan fingerprint density at radius 1 is 1.25 bits per heavy atom. The molecule has 0 radical (unpaired) electrons. The van der Waals surface area contributed by atoms with E-state index >= 15 is 0 Å². The van der Waals surface area contributed by atoms with E-state index < -0.39 is 5.54 Å². The third-order valence-corrected chi connectivity index (χ3v) is 3.61. The van der Waals surface area contributed by atoms with Gasteiger partial charge in [-0.25, -0.2) is 0 Å². The fourth-order valence-corrected chi connectivity index (χ4v) is 2.10. The van der Waals surface area contributed by atoms with Crippen LogP contribution >= 0.6 is 0 Å². The van der Waals surface area contributed by atoms with Crippen LogP contribution in [0, 0.1) is 20.8 Å². The van der Waals surface area contributed by atoms with E-state index in [2.05, 4.69) is 30.7 Å². The Morgan fingerprint density at radius 2 is 1.85 bits per heavy atom. The van der Waals surface area contributed by atoms with Gasteiger partial charge >= 0.3 is 5.97 Å². The minimum atomic E-state index is -0.950. The maximum absolute atomic E-state index is 11.5. The highest BCUT2D eigenvalue weighted by molar-refractivity contribution is 5.79. The van der Waals surface area contributed by atoms with Gasteiger partial charge in [-0.1, -0.05) is 12.1 Å². The van der Waals surface area contributed by atoms with Crippen LogP contribution in [0.5, 0.6) is 5.75 Å². The van der Waals surface area contributed by atoms with Crippen LogP contribution in [-0.4, -0.2) is 25.2 Å². The van der Waals surface area contributed by atoms with Gasteiger partial charge in [-0.15, -0.1) is 0 Å². The molecule has 0 aromatic heterocycles. The second-order valence-corrected chi connectivity index (χ2v) is 5.51. The first kappa shape index (κ1) is 16.5. The van der Waals surface area contributed by atoms with Crippen molar-refractivity contribution in [3.63, 3.8) is 0 Å². The van der Waals surface area contributed by atoms with Crippen LogP contribution in [0.3, 0.4) is 0 Å². The first-order chi connectivity index (χ1) is 9.29. The van der Waals surface area contributed by atoms with Crippen LogP contribution < -0.4 is 10.5 Å². The van der Waals surface area contributed by atoms with E-state index in [1.54, 1.807) is 6.92 Å². The number of hydrogen-bond acceptors (Lipinski definition) is 4. The lowest BCUT2D eigenvalue weighted by Gasteiger charge is -2.21. The Bertz CT molecular complexity index is 481. The molecule has 0 aliphatic heterocycles. The molecular weight excluding hydrogens is 254 g/mol. The van der Waals surface area contributed by atoms with Crippen molar-refractivity contribution in [3.05, 3.63) is 28.8 Å². The van der Waals surface area contributed by atoms with Crippen LogP contribution in [0.15, 0.2) is 12.1 Å². The predicted octanol–water partition coefficient (Wildman–Crippen LogP) is 2.66. The number of benzene rings is 1. The molecule has 1 unspecified atom stereocenters. The van der Waals surface area contributed by atoms with Gasteiger partial charge in [-0.05, 0) is 57.2 Å². The molecule has 2 N–H and O–H groups in total. The van der Waals surface area contributed by atoms with Crippen molar-refractivity contribution in [2.45, 2.75) is 46.1 Å². The largest absolute Gasteiger partial charge is 0.493 e. The van der Waals surface area contributed by atoms with Crippen molar-refractivity contribution in [1.29, 1.82) is 0 Å². The molecule has 0 aliphatic carbocycles. The van der Waals surface area contributed by atoms with Gasteiger partial charge in [0, 0.05) is 0 Å². The highest BCUT2D eigenvalue weighted by atomic mass is 16.5. The Hall–Kier alpha value is -1.55. The number of nitrogens with two attached hydrogens (primary N) is 1. The van der Waals surface area contributed by atoms with Crippen molar-refractivity contribution in [1.82, 2.24) is 0 Å². The number of esters is 1. The maximum atomic E-state index is 11.5. The van der Waals surface area contributed by atoms with Gasteiger partial charge in [0.2, 0.25) is 0 Å². The average Bonchev–Trinajstić information content (AvgIpc) is 2.41. The molecule has 1 aromatic carbocycles. The molecule has 0 heterocycles. The summed E-state index contributed by atoms with van der Waals surface area (Å²) in [6.45, 7) is 8.37. The second-order valence-electron chi connectivity index (χ2n) is 5.51. The molecule has 0 aliphatic rings. The molecule has 1 atom stereocenters. The van der Waals surface area contributed by atoms with Crippen LogP contribution in [0.4, 0.5) is 0 Å². The summed E-state index contributed by atoms with van der Waals surface area (Å²) in [5, 5.41) is 0. The van der Waals surface area contributed by atoms with E-state index in [1.807, 2.05) is 6.92 Å². The Kier molecular flexibility index (Phi) is 5.57. The number of methoxy groups -OCH3 is 1. The highest BCUT2D eigenvalue weighted by Gasteiger charge is 2.28. The maximum Gasteiger partial charge on any atom is 0.325 e. The Balaban J connectivity index is 2.54. The minimum Gasteiger partial charge on any atom is -0.493 e. The fourth-order valence-electron chi connectivity index (χ4n) is 2.10. The topological polar surface area (TPSA) is 61.5 Å². The van der Waals surface area contributed by atoms with E-state index in [0.717, 1.165) is 16.9 Å². The quantitative estimate of drug-likeness (QED) is 0.642. The molecule has 1 rings (SSSR count). The molecule has 112 valence electrons. The van der Waals surface area contributed by atoms with Gasteiger partial charge < -0.3 is 15.2 Å². The van der Waals surface area contributed by atoms with Crippen LogP contribution in [0.1, 0.15) is 36.5 Å². The zero-order valence-corrected chi connectivity index (χ0v) is 13.1. The zero-order valence-electron chi connectivity index (χ0n) is 13.1. The molecule has 0 saturated carbocycles. The Morgan fingerprint density at radius 3 is 2.45 bits per heavy atom. The number of rotatable bonds is 6. The standard InChI is InChI=1S/C16H25NO3/c1-11-7-8-12(2)14(13(11)3)20-10-6-9-16(4,17)15(18)19-5/h7-8H,6,9-10,17H2,1-5H3. The molecule has 0 saturated heterocycles. The molecule has 1 aromatic rings. The lowest BCUT2D eigenvalue weighted by Crippen LogP contribution is -2.45. The van der Waals surface area contributed by atoms with E-state index in [-0.39, 0.29) is 5.97 Å². The summed E-state index contributed by atoms with van der Waals surface area (Å²) < 4.78 is 10.5. The summed E-state index contributed by atoms with van der Waals surface area (Å²) in [4.78, 5) is 11.5. The molecule has 0 spiro atoms. The monoisotopic (exact) mass is 279 g/mol. The molecule has 0 bridgehead atoms. The van der Waals surface area contributed by atoms with Crippen molar-refractivity contribution in [2.24, 2.45) is 5.73 Å². The van der Waals surface area contributed by atoms with Gasteiger partial charge in [-0.2, -0.15) is 0 Å². The van der Waals surface area contributed by atoms with E-state index in [0.29, 0.717) is 19.4 Å². The number of carbonyl (C=O) groups is 1. The smallest absolute Gasteiger partial charge is 0.325 e. The van der Waals surface area contributed by atoms with E-state index in [4.69, 9.17) is 10.5 Å². The van der Waals surface area contributed by atoms with E-state index in [9.17, 15) is 4.79 Å². The predicted molar refractivity (Wildman–Crippen MR) is 80.0 cm³/mol. The van der Waals surface area contributed by atoms with Crippen LogP contribution in [0.25, 0.3) is 0 Å². The van der Waals surface area contributed by atoms with Gasteiger partial charge in [0.15, 0.2) is 0 Å². The van der Waals surface area contributed by atoms with Crippen LogP contribution in [-0.2, 0) is 9.53 Å². The van der Waals surface area contributed by atoms with Crippen molar-refractivity contribution in [3.8, 4) is 5.75 Å². The molecule has 0 amide bonds. The lowest BCUT2D eigenvalue weighted by atomic mass is 9.98. The van der Waals surface area contributed by atoms with Crippen molar-refractivity contribution in [2.75, 3.05) is 13.7 Å². The summed E-state index contributed by atoms with van der Waals surface area (Å²) in [5.74, 6) is 0.544. The average molecular weight is 279 g/mol. The summed E-state index contributed by atoms with van der Waals surface area (Å²) in [6.07, 6.45) is 1.23. The molecule has 0 fully saturated rings. The van der Waals surface area contributed by atoms with Gasteiger partial charge in [0.05, 0.1) is 13.7 Å². The van der Waals surface area contributed by atoms with Crippen molar-refractivity contribution >= 4 is 5.97 Å². The summed E-state index contributed by atoms with van der Waals surface area (Å²) in [5.41, 5.74) is 8.45. The summed E-state index contributed by atoms with van der Waals surface area (Å²) in [6, 6.07) is 4.14. The normalized spacial score (nSPS) is 13.7. The third kappa shape index (κ3) is 3.97. The van der Waals surface area contributed by atoms with Gasteiger partial charge in [0.1, 0.15) is 11.3 Å². The van der Waals surface area contributed by atoms with Crippen LogP contribution in [0.2, 0.25) is 0 Å². The lowest BCUT2D eigenvalue weighted by molar-refractivity contribution is -0.146. The number of ether oxygens (including phenoxy) is 2. The fraction of sp³-hybridized carbons (Fsp3) is 0.562. The first-order valence-electron chi connectivity index (χ1n) is 6.86. The number of hydrogen-bond donors (Lipinski definition) is 1. The van der Waals surface area contributed by atoms with Gasteiger partial charge in [-0.3, -0.25) is 4.79 Å². The Labute approximate surface area is 121 Å². The number of carbonyl (C=O) groups excluding carboxylic acids is 1. The first-order valence-corrected chi connectivity index (χ1v) is 6.86. The highest BCUT2D eigenvalue weighted by Crippen LogP contribution is 2.26. The zero-order chi connectivity index (χ0) is 15.3. The molecular formula is C16H25NO3.